The van der Waals surface area contributed by atoms with Crippen LogP contribution in [0.5, 0.6) is 0 Å². The largest absolute Gasteiger partial charge is 0.352 e. The van der Waals surface area contributed by atoms with Gasteiger partial charge in [0, 0.05) is 0 Å². The lowest BCUT2D eigenvalue weighted by atomic mass is 11.2. The van der Waals surface area contributed by atoms with Crippen LogP contribution in [0.25, 0.3) is 0 Å². The van der Waals surface area contributed by atoms with E-state index in [0.29, 0.717) is 0 Å². The van der Waals surface area contributed by atoms with Crippen LogP contribution >= 0.6 is 0 Å². The molecule has 9 nitrogen and oxygen atoms in total. The van der Waals surface area contributed by atoms with Gasteiger partial charge in [0.25, 0.3) is 0 Å². The highest BCUT2D eigenvalue weighted by molar-refractivity contribution is 5.69. The van der Waals surface area contributed by atoms with Gasteiger partial charge in [-0.05, 0) is 0 Å². The standard InChI is InChI=1S/5C2H4.3CH4N2O/c5*1-2;3*2-1(3)4/h5*1-2H2;3*(H4,2,3,4). The molecule has 6 amide bonds. The zero-order valence-electron chi connectivity index (χ0n) is 13.3. The number of hydrogen-bond donors (Lipinski definition) is 6. The number of rotatable bonds is 0. The number of urea groups is 3. The van der Waals surface area contributed by atoms with E-state index >= 15 is 0 Å². The van der Waals surface area contributed by atoms with Gasteiger partial charge in [0.2, 0.25) is 0 Å². The van der Waals surface area contributed by atoms with Gasteiger partial charge in [-0.1, -0.05) is 0 Å². The first-order chi connectivity index (χ1) is 10.2. The van der Waals surface area contributed by atoms with Gasteiger partial charge in [-0.25, -0.2) is 14.4 Å². The number of carbonyl (C=O) groups excluding carboxylic acids is 3. The molecule has 0 spiro atoms. The van der Waals surface area contributed by atoms with E-state index in [2.05, 4.69) is 100 Å². The van der Waals surface area contributed by atoms with Crippen molar-refractivity contribution in [1.29, 1.82) is 0 Å². The zero-order valence-corrected chi connectivity index (χ0v) is 13.3. The maximum absolute atomic E-state index is 9.00. The van der Waals surface area contributed by atoms with Gasteiger partial charge in [-0.15, -0.1) is 65.8 Å². The van der Waals surface area contributed by atoms with Gasteiger partial charge >= 0.3 is 18.1 Å². The van der Waals surface area contributed by atoms with Gasteiger partial charge in [-0.2, -0.15) is 0 Å². The third kappa shape index (κ3) is 326. The number of carbonyl (C=O) groups is 3. The maximum atomic E-state index is 9.00. The first-order valence-corrected chi connectivity index (χ1v) is 4.84. The molecule has 0 radical (unpaired) electrons. The number of amides is 6. The van der Waals surface area contributed by atoms with Crippen LogP contribution in [0.3, 0.4) is 0 Å². The summed E-state index contributed by atoms with van der Waals surface area (Å²) in [4.78, 5) is 27.0. The molecule has 0 rings (SSSR count). The maximum Gasteiger partial charge on any atom is 0.309 e. The fourth-order valence-electron chi connectivity index (χ4n) is 0. The molecule has 132 valence electrons. The molecule has 0 unspecified atom stereocenters. The Morgan fingerprint density at radius 3 is 0.364 bits per heavy atom. The van der Waals surface area contributed by atoms with Crippen LogP contribution in [0, 0.1) is 0 Å². The number of primary amides is 6. The van der Waals surface area contributed by atoms with Crippen LogP contribution in [-0.2, 0) is 0 Å². The number of hydrogen-bond acceptors (Lipinski definition) is 3. The van der Waals surface area contributed by atoms with E-state index in [0.717, 1.165) is 0 Å². The van der Waals surface area contributed by atoms with E-state index in [9.17, 15) is 0 Å². The summed E-state index contributed by atoms with van der Waals surface area (Å²) in [6.07, 6.45) is 0. The first-order valence-electron chi connectivity index (χ1n) is 4.84. The van der Waals surface area contributed by atoms with E-state index in [1.165, 1.54) is 0 Å². The highest BCUT2D eigenvalue weighted by atomic mass is 16.2. The molecule has 0 saturated heterocycles. The first kappa shape index (κ1) is 51.4. The van der Waals surface area contributed by atoms with Crippen molar-refractivity contribution in [2.45, 2.75) is 0 Å². The predicted octanol–water partition coefficient (Wildman–Crippen LogP) is 1.08. The minimum Gasteiger partial charge on any atom is -0.352 e. The minimum atomic E-state index is -0.833. The van der Waals surface area contributed by atoms with Crippen LogP contribution in [-0.4, -0.2) is 18.1 Å². The Kier molecular flexibility index (Phi) is 367. The lowest BCUT2D eigenvalue weighted by molar-refractivity contribution is 0.255. The summed E-state index contributed by atoms with van der Waals surface area (Å²) in [6, 6.07) is -2.50. The second-order valence-corrected chi connectivity index (χ2v) is 1.21. The third-order valence-corrected chi connectivity index (χ3v) is 0. The summed E-state index contributed by atoms with van der Waals surface area (Å²) >= 11 is 0. The predicted molar refractivity (Wildman–Crippen MR) is 97.6 cm³/mol. The van der Waals surface area contributed by atoms with E-state index in [1.54, 1.807) is 0 Å². The van der Waals surface area contributed by atoms with Crippen LogP contribution in [0.15, 0.2) is 65.8 Å². The van der Waals surface area contributed by atoms with Crippen molar-refractivity contribution in [1.82, 2.24) is 0 Å². The van der Waals surface area contributed by atoms with E-state index in [-0.39, 0.29) is 0 Å². The molecule has 12 N–H and O–H groups in total. The molecule has 0 aromatic rings. The molecule has 0 aromatic heterocycles. The van der Waals surface area contributed by atoms with Gasteiger partial charge in [0.15, 0.2) is 0 Å². The molecule has 22 heavy (non-hydrogen) atoms. The summed E-state index contributed by atoms with van der Waals surface area (Å²) in [6.45, 7) is 30.0. The molecule has 0 atom stereocenters. The topological polar surface area (TPSA) is 207 Å². The van der Waals surface area contributed by atoms with Gasteiger partial charge in [0.1, 0.15) is 0 Å². The van der Waals surface area contributed by atoms with Gasteiger partial charge in [0.05, 0.1) is 0 Å². The Morgan fingerprint density at radius 1 is 0.364 bits per heavy atom. The van der Waals surface area contributed by atoms with Crippen LogP contribution in [0.1, 0.15) is 0 Å². The summed E-state index contributed by atoms with van der Waals surface area (Å²) in [5.74, 6) is 0. The van der Waals surface area contributed by atoms with Crippen molar-refractivity contribution < 1.29 is 14.4 Å². The van der Waals surface area contributed by atoms with Crippen molar-refractivity contribution in [3.63, 3.8) is 0 Å². The third-order valence-electron chi connectivity index (χ3n) is 0. The Balaban J connectivity index is -0.0000000175. The van der Waals surface area contributed by atoms with Gasteiger partial charge < -0.3 is 34.4 Å². The van der Waals surface area contributed by atoms with Crippen molar-refractivity contribution in [2.75, 3.05) is 0 Å². The molecule has 9 heteroatoms. The second-order valence-electron chi connectivity index (χ2n) is 1.21. The Morgan fingerprint density at radius 2 is 0.364 bits per heavy atom. The average Bonchev–Trinajstić information content (AvgIpc) is 2.47. The van der Waals surface area contributed by atoms with Crippen molar-refractivity contribution in [2.24, 2.45) is 34.4 Å². The van der Waals surface area contributed by atoms with Crippen molar-refractivity contribution in [3.05, 3.63) is 65.8 Å². The quantitative estimate of drug-likeness (QED) is 0.362. The Hall–Kier alpha value is -3.49. The van der Waals surface area contributed by atoms with Crippen LogP contribution in [0.4, 0.5) is 14.4 Å². The summed E-state index contributed by atoms with van der Waals surface area (Å²) in [7, 11) is 0. The lowest BCUT2D eigenvalue weighted by Gasteiger charge is -1.62. The van der Waals surface area contributed by atoms with Crippen molar-refractivity contribution in [3.8, 4) is 0 Å². The summed E-state index contributed by atoms with van der Waals surface area (Å²) in [5, 5.41) is 0. The molecule has 0 aromatic carbocycles. The van der Waals surface area contributed by atoms with E-state index in [4.69, 9.17) is 14.4 Å². The molecule has 0 fully saturated rings. The number of nitrogens with two attached hydrogens (primary N) is 6. The highest BCUT2D eigenvalue weighted by Gasteiger charge is 1.61. The van der Waals surface area contributed by atoms with Crippen LogP contribution < -0.4 is 34.4 Å². The average molecular weight is 320 g/mol. The second kappa shape index (κ2) is 157. The molecule has 0 aliphatic carbocycles. The Labute approximate surface area is 133 Å². The molecular weight excluding hydrogens is 288 g/mol. The van der Waals surface area contributed by atoms with E-state index in [1.807, 2.05) is 0 Å². The SMILES string of the molecule is C=C.C=C.C=C.C=C.C=C.NC(N)=O.NC(N)=O.NC(N)=O. The monoisotopic (exact) mass is 320 g/mol. The molecule has 0 saturated carbocycles. The zero-order chi connectivity index (χ0) is 20.7. The fraction of sp³-hybridized carbons (Fsp3) is 0. The minimum absolute atomic E-state index is 0.833. The highest BCUT2D eigenvalue weighted by Crippen LogP contribution is 1.26. The smallest absolute Gasteiger partial charge is 0.309 e. The normalized spacial score (nSPS) is 4.18. The summed E-state index contributed by atoms with van der Waals surface area (Å²) in [5.41, 5.74) is 25.5. The van der Waals surface area contributed by atoms with Crippen LogP contribution in [0.2, 0.25) is 0 Å². The molecule has 0 aliphatic heterocycles. The van der Waals surface area contributed by atoms with Crippen molar-refractivity contribution >= 4 is 18.1 Å². The van der Waals surface area contributed by atoms with Gasteiger partial charge in [-0.3, -0.25) is 0 Å². The summed E-state index contributed by atoms with van der Waals surface area (Å²) < 4.78 is 0. The molecular formula is C13H32N6O3. The van der Waals surface area contributed by atoms with E-state index < -0.39 is 18.1 Å². The fourth-order valence-corrected chi connectivity index (χ4v) is 0. The molecule has 0 aliphatic rings. The molecule has 0 bridgehead atoms. The molecule has 0 heterocycles. The Bertz CT molecular complexity index is 174. The lowest BCUT2D eigenvalue weighted by Crippen LogP contribution is -2.18.